The molecular weight excluding hydrogens is 555 g/mol. The second-order valence-electron chi connectivity index (χ2n) is 10.9. The molecule has 1 fully saturated rings. The summed E-state index contributed by atoms with van der Waals surface area (Å²) in [7, 11) is 1.25. The standard InChI is InChI=1S/C29H34F3N5O5/c1-18(2)16-28(41)9-12-36(13-10-28)27(40)35-20-14-23(29(30,31)32)22-17-34-37(24(22)15-20)21-6-4-19(5-7-21)26(39)33-11-8-25(38)42-3/h4-7,14-15,17-18,41H,8-13,16H2,1-3H3,(H,33,39)(H,35,40). The Morgan fingerprint density at radius 2 is 1.79 bits per heavy atom. The Balaban J connectivity index is 1.55. The number of aromatic nitrogens is 2. The minimum Gasteiger partial charge on any atom is -0.469 e. The number of esters is 1. The van der Waals surface area contributed by atoms with Gasteiger partial charge in [0.2, 0.25) is 0 Å². The average molecular weight is 590 g/mol. The average Bonchev–Trinajstić information content (AvgIpc) is 3.35. The fourth-order valence-corrected chi connectivity index (χ4v) is 5.17. The van der Waals surface area contributed by atoms with Crippen molar-refractivity contribution in [3.05, 3.63) is 53.7 Å². The normalized spacial score (nSPS) is 15.1. The lowest BCUT2D eigenvalue weighted by molar-refractivity contribution is -0.140. The quantitative estimate of drug-likeness (QED) is 0.326. The SMILES string of the molecule is COC(=O)CCNC(=O)c1ccc(-n2ncc3c(C(F)(F)F)cc(NC(=O)N4CCC(O)(CC(C)C)CC4)cc32)cc1. The molecule has 1 aromatic heterocycles. The molecule has 226 valence electrons. The summed E-state index contributed by atoms with van der Waals surface area (Å²) in [5.41, 5.74) is -1.07. The fraction of sp³-hybridized carbons (Fsp3) is 0.448. The molecule has 3 aromatic rings. The van der Waals surface area contributed by atoms with E-state index in [1.807, 2.05) is 13.8 Å². The number of benzene rings is 2. The molecule has 10 nitrogen and oxygen atoms in total. The van der Waals surface area contributed by atoms with Crippen molar-refractivity contribution in [3.63, 3.8) is 0 Å². The van der Waals surface area contributed by atoms with Gasteiger partial charge in [-0.3, -0.25) is 9.59 Å². The van der Waals surface area contributed by atoms with E-state index in [0.29, 0.717) is 30.9 Å². The van der Waals surface area contributed by atoms with Crippen LogP contribution in [0.15, 0.2) is 42.6 Å². The van der Waals surface area contributed by atoms with Gasteiger partial charge in [-0.2, -0.15) is 18.3 Å². The number of urea groups is 1. The molecule has 1 aliphatic heterocycles. The fourth-order valence-electron chi connectivity index (χ4n) is 5.17. The number of halogens is 3. The van der Waals surface area contributed by atoms with E-state index in [0.717, 1.165) is 12.3 Å². The molecule has 0 atom stereocenters. The molecule has 2 heterocycles. The lowest BCUT2D eigenvalue weighted by Crippen LogP contribution is -2.48. The monoisotopic (exact) mass is 589 g/mol. The maximum Gasteiger partial charge on any atom is 0.417 e. The summed E-state index contributed by atoms with van der Waals surface area (Å²) in [6, 6.07) is 7.79. The van der Waals surface area contributed by atoms with Gasteiger partial charge in [0, 0.05) is 36.3 Å². The van der Waals surface area contributed by atoms with Crippen LogP contribution in [0.25, 0.3) is 16.6 Å². The van der Waals surface area contributed by atoms with Crippen molar-refractivity contribution in [2.75, 3.05) is 32.1 Å². The van der Waals surface area contributed by atoms with Crippen LogP contribution in [0, 0.1) is 5.92 Å². The van der Waals surface area contributed by atoms with Crippen LogP contribution < -0.4 is 10.6 Å². The van der Waals surface area contributed by atoms with Crippen LogP contribution in [0.5, 0.6) is 0 Å². The van der Waals surface area contributed by atoms with Crippen molar-refractivity contribution >= 4 is 34.5 Å². The van der Waals surface area contributed by atoms with Crippen LogP contribution in [0.3, 0.4) is 0 Å². The Morgan fingerprint density at radius 1 is 1.12 bits per heavy atom. The molecule has 2 aromatic carbocycles. The summed E-state index contributed by atoms with van der Waals surface area (Å²) in [5, 5.41) is 20.0. The first-order valence-corrected chi connectivity index (χ1v) is 13.6. The number of nitrogens with one attached hydrogen (secondary N) is 2. The number of amides is 3. The number of hydrogen-bond donors (Lipinski definition) is 3. The number of rotatable bonds is 8. The lowest BCUT2D eigenvalue weighted by Gasteiger charge is -2.39. The second-order valence-corrected chi connectivity index (χ2v) is 10.9. The van der Waals surface area contributed by atoms with E-state index in [2.05, 4.69) is 20.5 Å². The number of hydrogen-bond acceptors (Lipinski definition) is 6. The smallest absolute Gasteiger partial charge is 0.417 e. The highest BCUT2D eigenvalue weighted by Gasteiger charge is 2.36. The number of anilines is 1. The van der Waals surface area contributed by atoms with E-state index in [-0.39, 0.29) is 48.2 Å². The van der Waals surface area contributed by atoms with Crippen molar-refractivity contribution in [2.45, 2.75) is 51.3 Å². The third-order valence-electron chi connectivity index (χ3n) is 7.23. The van der Waals surface area contributed by atoms with Crippen molar-refractivity contribution in [1.82, 2.24) is 20.0 Å². The molecule has 0 radical (unpaired) electrons. The first-order chi connectivity index (χ1) is 19.8. The number of fused-ring (bicyclic) bond motifs is 1. The van der Waals surface area contributed by atoms with E-state index in [1.165, 1.54) is 47.0 Å². The van der Waals surface area contributed by atoms with Gasteiger partial charge >= 0.3 is 18.2 Å². The summed E-state index contributed by atoms with van der Waals surface area (Å²) in [5.74, 6) is -0.602. The van der Waals surface area contributed by atoms with Crippen molar-refractivity contribution in [1.29, 1.82) is 0 Å². The van der Waals surface area contributed by atoms with Crippen LogP contribution in [0.1, 0.15) is 55.5 Å². The zero-order valence-corrected chi connectivity index (χ0v) is 23.6. The molecule has 1 aliphatic rings. The number of carbonyl (C=O) groups is 3. The summed E-state index contributed by atoms with van der Waals surface area (Å²) < 4.78 is 48.0. The molecule has 3 amide bonds. The summed E-state index contributed by atoms with van der Waals surface area (Å²) >= 11 is 0. The number of methoxy groups -OCH3 is 1. The van der Waals surface area contributed by atoms with E-state index >= 15 is 0 Å². The van der Waals surface area contributed by atoms with Gasteiger partial charge in [0.15, 0.2) is 0 Å². The molecular formula is C29H34F3N5O5. The van der Waals surface area contributed by atoms with Crippen LogP contribution >= 0.6 is 0 Å². The number of likely N-dealkylation sites (tertiary alicyclic amines) is 1. The molecule has 42 heavy (non-hydrogen) atoms. The lowest BCUT2D eigenvalue weighted by atomic mass is 9.84. The van der Waals surface area contributed by atoms with Gasteiger partial charge in [-0.05, 0) is 61.6 Å². The molecule has 0 unspecified atom stereocenters. The van der Waals surface area contributed by atoms with Crippen molar-refractivity contribution < 1.29 is 37.4 Å². The van der Waals surface area contributed by atoms with Crippen LogP contribution in [-0.4, -0.2) is 70.0 Å². The number of alkyl halides is 3. The highest BCUT2D eigenvalue weighted by atomic mass is 19.4. The largest absolute Gasteiger partial charge is 0.469 e. The number of piperidine rings is 1. The Morgan fingerprint density at radius 3 is 2.38 bits per heavy atom. The molecule has 4 rings (SSSR count). The summed E-state index contributed by atoms with van der Waals surface area (Å²) in [6.07, 6.45) is -2.21. The molecule has 0 bridgehead atoms. The number of carbonyl (C=O) groups excluding carboxylic acids is 3. The third kappa shape index (κ3) is 7.19. The van der Waals surface area contributed by atoms with Crippen LogP contribution in [0.4, 0.5) is 23.7 Å². The van der Waals surface area contributed by atoms with Gasteiger partial charge in [-0.15, -0.1) is 0 Å². The van der Waals surface area contributed by atoms with Crippen LogP contribution in [-0.2, 0) is 15.7 Å². The zero-order chi connectivity index (χ0) is 30.7. The van der Waals surface area contributed by atoms with Gasteiger partial charge in [-0.25, -0.2) is 9.48 Å². The van der Waals surface area contributed by atoms with Crippen LogP contribution in [0.2, 0.25) is 0 Å². The molecule has 13 heteroatoms. The minimum atomic E-state index is -4.71. The summed E-state index contributed by atoms with van der Waals surface area (Å²) in [6.45, 7) is 4.67. The molecule has 1 saturated heterocycles. The Hall–Kier alpha value is -4.13. The highest BCUT2D eigenvalue weighted by Crippen LogP contribution is 2.38. The van der Waals surface area contributed by atoms with Gasteiger partial charge in [0.05, 0.1) is 42.1 Å². The molecule has 3 N–H and O–H groups in total. The first kappa shape index (κ1) is 30.8. The number of nitrogens with zero attached hydrogens (tertiary/aromatic N) is 3. The van der Waals surface area contributed by atoms with Crippen molar-refractivity contribution in [2.24, 2.45) is 5.92 Å². The number of aliphatic hydroxyl groups is 1. The van der Waals surface area contributed by atoms with Gasteiger partial charge in [-0.1, -0.05) is 13.8 Å². The summed E-state index contributed by atoms with van der Waals surface area (Å²) in [4.78, 5) is 38.1. The first-order valence-electron chi connectivity index (χ1n) is 13.6. The maximum atomic E-state index is 14.0. The van der Waals surface area contributed by atoms with Gasteiger partial charge in [0.25, 0.3) is 5.91 Å². The topological polar surface area (TPSA) is 126 Å². The zero-order valence-electron chi connectivity index (χ0n) is 23.6. The van der Waals surface area contributed by atoms with E-state index in [1.54, 1.807) is 0 Å². The molecule has 0 aliphatic carbocycles. The molecule has 0 spiro atoms. The molecule has 0 saturated carbocycles. The third-order valence-corrected chi connectivity index (χ3v) is 7.23. The Bertz CT molecular complexity index is 1440. The minimum absolute atomic E-state index is 0.0120. The van der Waals surface area contributed by atoms with E-state index < -0.39 is 35.2 Å². The predicted octanol–water partition coefficient (Wildman–Crippen LogP) is 4.74. The second kappa shape index (κ2) is 12.4. The Kier molecular flexibility index (Phi) is 9.09. The van der Waals surface area contributed by atoms with Gasteiger partial charge in [0.1, 0.15) is 0 Å². The van der Waals surface area contributed by atoms with Crippen molar-refractivity contribution in [3.8, 4) is 5.69 Å². The van der Waals surface area contributed by atoms with Gasteiger partial charge < -0.3 is 25.4 Å². The van der Waals surface area contributed by atoms with E-state index in [4.69, 9.17) is 0 Å². The Labute approximate surface area is 240 Å². The highest BCUT2D eigenvalue weighted by molar-refractivity contribution is 5.96. The maximum absolute atomic E-state index is 14.0. The number of ether oxygens (including phenoxy) is 1. The predicted molar refractivity (Wildman–Crippen MR) is 149 cm³/mol. The van der Waals surface area contributed by atoms with E-state index in [9.17, 15) is 32.7 Å².